The van der Waals surface area contributed by atoms with Crippen LogP contribution in [-0.4, -0.2) is 46.3 Å². The van der Waals surface area contributed by atoms with E-state index >= 15 is 0 Å². The average Bonchev–Trinajstić information content (AvgIpc) is 2.69. The van der Waals surface area contributed by atoms with Gasteiger partial charge in [-0.15, -0.1) is 0 Å². The van der Waals surface area contributed by atoms with Crippen molar-refractivity contribution < 1.29 is 14.2 Å². The molecule has 0 atom stereocenters. The first-order valence-corrected chi connectivity index (χ1v) is 9.27. The lowest BCUT2D eigenvalue weighted by atomic mass is 10.1. The van der Waals surface area contributed by atoms with E-state index in [1.165, 1.54) is 5.56 Å². The van der Waals surface area contributed by atoms with E-state index in [-0.39, 0.29) is 0 Å². The van der Waals surface area contributed by atoms with E-state index < -0.39 is 0 Å². The molecule has 146 valence electrons. The second kappa shape index (κ2) is 10.1. The van der Waals surface area contributed by atoms with Crippen LogP contribution in [0.4, 0.5) is 0 Å². The molecule has 0 saturated carbocycles. The molecule has 6 nitrogen and oxygen atoms in total. The third kappa shape index (κ3) is 5.29. The molecule has 2 aromatic carbocycles. The zero-order valence-electron chi connectivity index (χ0n) is 16.4. The zero-order valence-corrected chi connectivity index (χ0v) is 18.0. The summed E-state index contributed by atoms with van der Waals surface area (Å²) >= 11 is 3.59. The first-order valence-electron chi connectivity index (χ1n) is 8.48. The monoisotopic (exact) mass is 435 g/mol. The fourth-order valence-electron chi connectivity index (χ4n) is 2.76. The van der Waals surface area contributed by atoms with E-state index in [1.807, 2.05) is 37.4 Å². The van der Waals surface area contributed by atoms with Crippen LogP contribution in [0.2, 0.25) is 0 Å². The number of hydrogen-bond acceptors (Lipinski definition) is 4. The maximum Gasteiger partial charge on any atom is 0.203 e. The van der Waals surface area contributed by atoms with Crippen molar-refractivity contribution in [3.63, 3.8) is 0 Å². The fraction of sp³-hybridized carbons (Fsp3) is 0.350. The van der Waals surface area contributed by atoms with Crippen LogP contribution in [-0.2, 0) is 13.1 Å². The van der Waals surface area contributed by atoms with Crippen LogP contribution >= 0.6 is 15.9 Å². The maximum atomic E-state index is 5.41. The predicted octanol–water partition coefficient (Wildman–Crippen LogP) is 3.68. The predicted molar refractivity (Wildman–Crippen MR) is 112 cm³/mol. The van der Waals surface area contributed by atoms with E-state index in [1.54, 1.807) is 28.4 Å². The first-order chi connectivity index (χ1) is 13.0. The molecule has 0 bridgehead atoms. The van der Waals surface area contributed by atoms with Gasteiger partial charge >= 0.3 is 0 Å². The van der Waals surface area contributed by atoms with Gasteiger partial charge < -0.3 is 24.4 Å². The summed E-state index contributed by atoms with van der Waals surface area (Å²) in [4.78, 5) is 6.44. The Hall–Kier alpha value is -2.41. The quantitative estimate of drug-likeness (QED) is 0.530. The van der Waals surface area contributed by atoms with Crippen molar-refractivity contribution in [3.8, 4) is 17.2 Å². The summed E-state index contributed by atoms with van der Waals surface area (Å²) in [6.45, 7) is 1.31. The third-order valence-corrected chi connectivity index (χ3v) is 4.89. The minimum Gasteiger partial charge on any atom is -0.493 e. The zero-order chi connectivity index (χ0) is 19.8. The molecule has 27 heavy (non-hydrogen) atoms. The standard InChI is InChI=1S/C20H26BrN3O3/c1-22-20(24(2)13-15-8-6-7-9-16(15)21)23-12-14-10-17(25-3)19(27-5)18(11-14)26-4/h6-11H,12-13H2,1-5H3,(H,22,23). The highest BCUT2D eigenvalue weighted by molar-refractivity contribution is 9.10. The van der Waals surface area contributed by atoms with E-state index in [0.29, 0.717) is 23.8 Å². The van der Waals surface area contributed by atoms with E-state index in [4.69, 9.17) is 14.2 Å². The molecule has 0 aliphatic carbocycles. The normalized spacial score (nSPS) is 11.1. The molecule has 1 N–H and O–H groups in total. The number of ether oxygens (including phenoxy) is 3. The lowest BCUT2D eigenvalue weighted by Gasteiger charge is -2.23. The molecule has 0 aliphatic heterocycles. The van der Waals surface area contributed by atoms with Crippen molar-refractivity contribution in [3.05, 3.63) is 52.0 Å². The minimum absolute atomic E-state index is 0.573. The van der Waals surface area contributed by atoms with Gasteiger partial charge in [0, 0.05) is 31.7 Å². The van der Waals surface area contributed by atoms with Crippen molar-refractivity contribution in [2.45, 2.75) is 13.1 Å². The Morgan fingerprint density at radius 3 is 2.22 bits per heavy atom. The fourth-order valence-corrected chi connectivity index (χ4v) is 3.17. The topological polar surface area (TPSA) is 55.3 Å². The Balaban J connectivity index is 2.10. The van der Waals surface area contributed by atoms with Crippen LogP contribution in [0.15, 0.2) is 45.9 Å². The Morgan fingerprint density at radius 1 is 1.07 bits per heavy atom. The second-order valence-corrected chi connectivity index (χ2v) is 6.74. The smallest absolute Gasteiger partial charge is 0.203 e. The van der Waals surface area contributed by atoms with Gasteiger partial charge in [0.2, 0.25) is 5.75 Å². The van der Waals surface area contributed by atoms with Crippen LogP contribution in [0, 0.1) is 0 Å². The Kier molecular flexibility index (Phi) is 7.79. The van der Waals surface area contributed by atoms with E-state index in [2.05, 4.69) is 37.2 Å². The number of benzene rings is 2. The molecule has 2 aromatic rings. The highest BCUT2D eigenvalue weighted by atomic mass is 79.9. The molecule has 2 rings (SSSR count). The Labute approximate surface area is 169 Å². The Morgan fingerprint density at radius 2 is 1.70 bits per heavy atom. The number of aliphatic imine (C=N–C) groups is 1. The van der Waals surface area contributed by atoms with Crippen LogP contribution < -0.4 is 19.5 Å². The van der Waals surface area contributed by atoms with Crippen molar-refractivity contribution >= 4 is 21.9 Å². The van der Waals surface area contributed by atoms with E-state index in [0.717, 1.165) is 22.5 Å². The highest BCUT2D eigenvalue weighted by Crippen LogP contribution is 2.38. The summed E-state index contributed by atoms with van der Waals surface area (Å²) in [6.07, 6.45) is 0. The number of rotatable bonds is 7. The maximum absolute atomic E-state index is 5.41. The van der Waals surface area contributed by atoms with Gasteiger partial charge in [-0.2, -0.15) is 0 Å². The van der Waals surface area contributed by atoms with Crippen LogP contribution in [0.25, 0.3) is 0 Å². The number of nitrogens with zero attached hydrogens (tertiary/aromatic N) is 2. The average molecular weight is 436 g/mol. The molecule has 0 unspecified atom stereocenters. The molecule has 0 spiro atoms. The van der Waals surface area contributed by atoms with Crippen LogP contribution in [0.3, 0.4) is 0 Å². The molecule has 7 heteroatoms. The van der Waals surface area contributed by atoms with Gasteiger partial charge in [-0.25, -0.2) is 0 Å². The van der Waals surface area contributed by atoms with Gasteiger partial charge in [0.15, 0.2) is 17.5 Å². The molecular weight excluding hydrogens is 410 g/mol. The van der Waals surface area contributed by atoms with Gasteiger partial charge in [0.25, 0.3) is 0 Å². The molecule has 0 radical (unpaired) electrons. The summed E-state index contributed by atoms with van der Waals surface area (Å²) in [5.41, 5.74) is 2.19. The van der Waals surface area contributed by atoms with Gasteiger partial charge in [-0.05, 0) is 29.3 Å². The molecule has 0 aliphatic rings. The largest absolute Gasteiger partial charge is 0.493 e. The lowest BCUT2D eigenvalue weighted by Crippen LogP contribution is -2.38. The highest BCUT2D eigenvalue weighted by Gasteiger charge is 2.14. The summed E-state index contributed by atoms with van der Waals surface area (Å²) in [5.74, 6) is 2.63. The van der Waals surface area contributed by atoms with Crippen molar-refractivity contribution in [1.29, 1.82) is 0 Å². The summed E-state index contributed by atoms with van der Waals surface area (Å²) in [5, 5.41) is 3.37. The minimum atomic E-state index is 0.573. The first kappa shape index (κ1) is 20.9. The van der Waals surface area contributed by atoms with Crippen molar-refractivity contribution in [1.82, 2.24) is 10.2 Å². The summed E-state index contributed by atoms with van der Waals surface area (Å²) < 4.78 is 17.3. The molecule has 0 heterocycles. The van der Waals surface area contributed by atoms with Gasteiger partial charge in [-0.1, -0.05) is 34.1 Å². The van der Waals surface area contributed by atoms with Crippen molar-refractivity contribution in [2.75, 3.05) is 35.4 Å². The van der Waals surface area contributed by atoms with Crippen molar-refractivity contribution in [2.24, 2.45) is 4.99 Å². The van der Waals surface area contributed by atoms with Gasteiger partial charge in [0.1, 0.15) is 0 Å². The lowest BCUT2D eigenvalue weighted by molar-refractivity contribution is 0.323. The SMILES string of the molecule is CN=C(NCc1cc(OC)c(OC)c(OC)c1)N(C)Cc1ccccc1Br. The summed E-state index contributed by atoms with van der Waals surface area (Å²) in [7, 11) is 8.59. The number of nitrogens with one attached hydrogen (secondary N) is 1. The number of methoxy groups -OCH3 is 3. The summed E-state index contributed by atoms with van der Waals surface area (Å²) in [6, 6.07) is 12.0. The Bertz CT molecular complexity index is 771. The van der Waals surface area contributed by atoms with Gasteiger partial charge in [-0.3, -0.25) is 4.99 Å². The number of halogens is 1. The molecule has 0 saturated heterocycles. The molecule has 0 amide bonds. The number of hydrogen-bond donors (Lipinski definition) is 1. The molecule has 0 aromatic heterocycles. The van der Waals surface area contributed by atoms with Crippen LogP contribution in [0.5, 0.6) is 17.2 Å². The molecular formula is C20H26BrN3O3. The molecule has 0 fully saturated rings. The van der Waals surface area contributed by atoms with Crippen LogP contribution in [0.1, 0.15) is 11.1 Å². The third-order valence-electron chi connectivity index (χ3n) is 4.11. The van der Waals surface area contributed by atoms with E-state index in [9.17, 15) is 0 Å². The number of guanidine groups is 1. The second-order valence-electron chi connectivity index (χ2n) is 5.88. The van der Waals surface area contributed by atoms with Gasteiger partial charge in [0.05, 0.1) is 21.3 Å².